The number of aromatic nitrogens is 2. The fraction of sp³-hybridized carbons (Fsp3) is 0.333. The number of carbonyl (C=O) groups is 2. The minimum atomic E-state index is -0.0985. The zero-order valence-electron chi connectivity index (χ0n) is 19.9. The van der Waals surface area contributed by atoms with Gasteiger partial charge < -0.3 is 20.4 Å². The van der Waals surface area contributed by atoms with E-state index in [-0.39, 0.29) is 11.8 Å². The standard InChI is InChI=1S/C27H30N6O2/c1-19(34)29-22-7-5-20(6-8-22)25-13-14-28-27(31-25)30-23-9-11-24(12-10-23)32-15-17-33(18-16-32)26(35)21-3-2-4-21/h5-14,21H,2-4,15-18H2,1H3,(H,29,34)(H,28,30,31). The van der Waals surface area contributed by atoms with Crippen LogP contribution >= 0.6 is 0 Å². The molecule has 0 atom stereocenters. The van der Waals surface area contributed by atoms with Gasteiger partial charge in [0, 0.05) is 67.8 Å². The molecule has 3 aromatic rings. The van der Waals surface area contributed by atoms with Crippen LogP contribution in [-0.2, 0) is 9.59 Å². The first-order valence-corrected chi connectivity index (χ1v) is 12.2. The molecule has 0 radical (unpaired) electrons. The van der Waals surface area contributed by atoms with Crippen LogP contribution in [0.15, 0.2) is 60.8 Å². The Morgan fingerprint density at radius 2 is 1.57 bits per heavy atom. The average Bonchev–Trinajstić information content (AvgIpc) is 2.84. The van der Waals surface area contributed by atoms with Crippen LogP contribution in [-0.4, -0.2) is 52.9 Å². The van der Waals surface area contributed by atoms with Crippen LogP contribution in [0.4, 0.5) is 23.0 Å². The second-order valence-electron chi connectivity index (χ2n) is 9.14. The Labute approximate surface area is 205 Å². The van der Waals surface area contributed by atoms with E-state index in [9.17, 15) is 9.59 Å². The largest absolute Gasteiger partial charge is 0.368 e. The summed E-state index contributed by atoms with van der Waals surface area (Å²) in [6.07, 6.45) is 5.04. The van der Waals surface area contributed by atoms with Gasteiger partial charge in [-0.05, 0) is 55.3 Å². The van der Waals surface area contributed by atoms with E-state index in [4.69, 9.17) is 0 Å². The van der Waals surface area contributed by atoms with Gasteiger partial charge in [0.15, 0.2) is 0 Å². The van der Waals surface area contributed by atoms with E-state index in [1.165, 1.54) is 13.3 Å². The van der Waals surface area contributed by atoms with Gasteiger partial charge in [0.2, 0.25) is 17.8 Å². The Morgan fingerprint density at radius 1 is 0.886 bits per heavy atom. The van der Waals surface area contributed by atoms with Crippen LogP contribution in [0.25, 0.3) is 11.3 Å². The van der Waals surface area contributed by atoms with Crippen molar-refractivity contribution in [3.63, 3.8) is 0 Å². The number of hydrogen-bond acceptors (Lipinski definition) is 6. The molecule has 2 aliphatic rings. The molecule has 2 amide bonds. The third-order valence-electron chi connectivity index (χ3n) is 6.69. The Balaban J connectivity index is 1.18. The van der Waals surface area contributed by atoms with Crippen molar-refractivity contribution in [1.29, 1.82) is 0 Å². The van der Waals surface area contributed by atoms with Gasteiger partial charge >= 0.3 is 0 Å². The average molecular weight is 471 g/mol. The van der Waals surface area contributed by atoms with Gasteiger partial charge in [-0.15, -0.1) is 0 Å². The molecule has 2 fully saturated rings. The summed E-state index contributed by atoms with van der Waals surface area (Å²) in [4.78, 5) is 37.0. The molecule has 1 aliphatic heterocycles. The van der Waals surface area contributed by atoms with Gasteiger partial charge in [-0.2, -0.15) is 0 Å². The highest BCUT2D eigenvalue weighted by atomic mass is 16.2. The molecule has 1 aromatic heterocycles. The number of anilines is 4. The minimum Gasteiger partial charge on any atom is -0.368 e. The monoisotopic (exact) mass is 470 g/mol. The van der Waals surface area contributed by atoms with Gasteiger partial charge in [-0.25, -0.2) is 9.97 Å². The van der Waals surface area contributed by atoms with Gasteiger partial charge in [0.25, 0.3) is 0 Å². The lowest BCUT2D eigenvalue weighted by Gasteiger charge is -2.39. The van der Waals surface area contributed by atoms with Crippen molar-refractivity contribution >= 4 is 34.8 Å². The van der Waals surface area contributed by atoms with Crippen molar-refractivity contribution in [2.75, 3.05) is 41.7 Å². The van der Waals surface area contributed by atoms with Crippen molar-refractivity contribution in [3.05, 3.63) is 60.8 Å². The smallest absolute Gasteiger partial charge is 0.227 e. The maximum Gasteiger partial charge on any atom is 0.227 e. The van der Waals surface area contributed by atoms with Gasteiger partial charge in [-0.3, -0.25) is 9.59 Å². The molecule has 8 heteroatoms. The summed E-state index contributed by atoms with van der Waals surface area (Å²) in [6.45, 7) is 4.79. The highest BCUT2D eigenvalue weighted by molar-refractivity contribution is 5.89. The predicted molar refractivity (Wildman–Crippen MR) is 138 cm³/mol. The topological polar surface area (TPSA) is 90.5 Å². The number of benzene rings is 2. The molecule has 2 aromatic carbocycles. The Hall–Kier alpha value is -3.94. The Kier molecular flexibility index (Phi) is 6.61. The molecule has 35 heavy (non-hydrogen) atoms. The normalized spacial score (nSPS) is 15.9. The molecular weight excluding hydrogens is 440 g/mol. The molecule has 0 bridgehead atoms. The molecule has 1 saturated carbocycles. The van der Waals surface area contributed by atoms with E-state index < -0.39 is 0 Å². The van der Waals surface area contributed by atoms with Crippen molar-refractivity contribution < 1.29 is 9.59 Å². The number of rotatable bonds is 6. The molecule has 8 nitrogen and oxygen atoms in total. The SMILES string of the molecule is CC(=O)Nc1ccc(-c2ccnc(Nc3ccc(N4CCN(C(=O)C5CCC5)CC4)cc3)n2)cc1. The minimum absolute atomic E-state index is 0.0985. The molecule has 180 valence electrons. The fourth-order valence-corrected chi connectivity index (χ4v) is 4.49. The number of amides is 2. The van der Waals surface area contributed by atoms with Crippen molar-refractivity contribution in [3.8, 4) is 11.3 Å². The summed E-state index contributed by atoms with van der Waals surface area (Å²) in [5, 5.41) is 6.05. The maximum absolute atomic E-state index is 12.5. The third-order valence-corrected chi connectivity index (χ3v) is 6.69. The van der Waals surface area contributed by atoms with Gasteiger partial charge in [0.05, 0.1) is 5.69 Å². The lowest BCUT2D eigenvalue weighted by atomic mass is 9.84. The van der Waals surface area contributed by atoms with Crippen LogP contribution in [0.3, 0.4) is 0 Å². The predicted octanol–water partition coefficient (Wildman–Crippen LogP) is 4.29. The lowest BCUT2D eigenvalue weighted by molar-refractivity contribution is -0.138. The third kappa shape index (κ3) is 5.42. The van der Waals surface area contributed by atoms with Crippen LogP contribution < -0.4 is 15.5 Å². The molecule has 5 rings (SSSR count). The highest BCUT2D eigenvalue weighted by Crippen LogP contribution is 2.29. The first kappa shape index (κ1) is 22.8. The molecular formula is C27H30N6O2. The van der Waals surface area contributed by atoms with Crippen LogP contribution in [0, 0.1) is 5.92 Å². The fourth-order valence-electron chi connectivity index (χ4n) is 4.49. The number of hydrogen-bond donors (Lipinski definition) is 2. The Morgan fingerprint density at radius 3 is 2.20 bits per heavy atom. The maximum atomic E-state index is 12.5. The summed E-state index contributed by atoms with van der Waals surface area (Å²) in [5.41, 5.74) is 4.55. The first-order chi connectivity index (χ1) is 17.0. The number of nitrogens with one attached hydrogen (secondary N) is 2. The van der Waals surface area contributed by atoms with E-state index in [1.807, 2.05) is 47.4 Å². The van der Waals surface area contributed by atoms with Crippen molar-refractivity contribution in [1.82, 2.24) is 14.9 Å². The lowest BCUT2D eigenvalue weighted by Crippen LogP contribution is -2.51. The van der Waals surface area contributed by atoms with Crippen molar-refractivity contribution in [2.45, 2.75) is 26.2 Å². The second kappa shape index (κ2) is 10.1. The number of piperazine rings is 1. The van der Waals surface area contributed by atoms with E-state index in [0.717, 1.165) is 67.3 Å². The van der Waals surface area contributed by atoms with Crippen molar-refractivity contribution in [2.24, 2.45) is 5.92 Å². The molecule has 2 heterocycles. The zero-order chi connectivity index (χ0) is 24.2. The first-order valence-electron chi connectivity index (χ1n) is 12.2. The molecule has 0 unspecified atom stereocenters. The summed E-state index contributed by atoms with van der Waals surface area (Å²) in [6, 6.07) is 17.7. The molecule has 2 N–H and O–H groups in total. The second-order valence-corrected chi connectivity index (χ2v) is 9.14. The summed E-state index contributed by atoms with van der Waals surface area (Å²) in [7, 11) is 0. The zero-order valence-corrected chi connectivity index (χ0v) is 19.9. The summed E-state index contributed by atoms with van der Waals surface area (Å²) in [5.74, 6) is 1.04. The van der Waals surface area contributed by atoms with E-state index in [1.54, 1.807) is 6.20 Å². The number of nitrogens with zero attached hydrogens (tertiary/aromatic N) is 4. The Bertz CT molecular complexity index is 1180. The van der Waals surface area contributed by atoms with Crippen LogP contribution in [0.2, 0.25) is 0 Å². The van der Waals surface area contributed by atoms with E-state index in [0.29, 0.717) is 11.9 Å². The molecule has 0 spiro atoms. The molecule has 1 saturated heterocycles. The van der Waals surface area contributed by atoms with E-state index in [2.05, 4.69) is 37.6 Å². The summed E-state index contributed by atoms with van der Waals surface area (Å²) < 4.78 is 0. The highest BCUT2D eigenvalue weighted by Gasteiger charge is 2.31. The van der Waals surface area contributed by atoms with Crippen LogP contribution in [0.1, 0.15) is 26.2 Å². The van der Waals surface area contributed by atoms with E-state index >= 15 is 0 Å². The number of carbonyl (C=O) groups excluding carboxylic acids is 2. The van der Waals surface area contributed by atoms with Crippen LogP contribution in [0.5, 0.6) is 0 Å². The quantitative estimate of drug-likeness (QED) is 0.558. The van der Waals surface area contributed by atoms with Gasteiger partial charge in [-0.1, -0.05) is 18.6 Å². The summed E-state index contributed by atoms with van der Waals surface area (Å²) >= 11 is 0. The molecule has 1 aliphatic carbocycles. The van der Waals surface area contributed by atoms with Gasteiger partial charge in [0.1, 0.15) is 0 Å².